The highest BCUT2D eigenvalue weighted by atomic mass is 16.5. The topological polar surface area (TPSA) is 67.4 Å². The van der Waals surface area contributed by atoms with Crippen molar-refractivity contribution in [3.05, 3.63) is 65.2 Å². The van der Waals surface area contributed by atoms with Crippen molar-refractivity contribution in [2.24, 2.45) is 5.92 Å². The highest BCUT2D eigenvalue weighted by molar-refractivity contribution is 6.03. The smallest absolute Gasteiger partial charge is 0.230 e. The minimum Gasteiger partial charge on any atom is -0.489 e. The zero-order chi connectivity index (χ0) is 17.9. The van der Waals surface area contributed by atoms with Crippen LogP contribution in [0.3, 0.4) is 0 Å². The van der Waals surface area contributed by atoms with E-state index in [1.165, 1.54) is 5.57 Å². The Kier molecular flexibility index (Phi) is 4.44. The first-order valence-electron chi connectivity index (χ1n) is 8.75. The lowest BCUT2D eigenvalue weighted by atomic mass is 9.98. The molecule has 2 aliphatic heterocycles. The molecular formula is C21H20N2O3. The van der Waals surface area contributed by atoms with E-state index in [4.69, 9.17) is 4.74 Å². The van der Waals surface area contributed by atoms with E-state index in [1.807, 2.05) is 48.5 Å². The fourth-order valence-electron chi connectivity index (χ4n) is 3.30. The maximum atomic E-state index is 11.7. The van der Waals surface area contributed by atoms with E-state index in [2.05, 4.69) is 16.7 Å². The molecule has 1 fully saturated rings. The van der Waals surface area contributed by atoms with E-state index in [-0.39, 0.29) is 24.2 Å². The molecule has 0 spiro atoms. The lowest BCUT2D eigenvalue weighted by Gasteiger charge is -2.18. The van der Waals surface area contributed by atoms with Crippen LogP contribution in [0.15, 0.2) is 54.1 Å². The average molecular weight is 348 g/mol. The number of fused-ring (bicyclic) bond motifs is 1. The number of anilines is 1. The summed E-state index contributed by atoms with van der Waals surface area (Å²) in [6.45, 7) is 1.31. The number of nitrogens with one attached hydrogen (secondary N) is 2. The normalized spacial score (nSPS) is 18.6. The summed E-state index contributed by atoms with van der Waals surface area (Å²) in [6.07, 6.45) is 3.04. The quantitative estimate of drug-likeness (QED) is 0.816. The second kappa shape index (κ2) is 7.04. The molecule has 2 N–H and O–H groups in total. The van der Waals surface area contributed by atoms with E-state index < -0.39 is 0 Å². The molecule has 0 aromatic heterocycles. The average Bonchev–Trinajstić information content (AvgIpc) is 2.98. The summed E-state index contributed by atoms with van der Waals surface area (Å²) in [4.78, 5) is 22.9. The summed E-state index contributed by atoms with van der Waals surface area (Å²) in [5.74, 6) is 0.338. The van der Waals surface area contributed by atoms with Crippen LogP contribution in [-0.2, 0) is 16.0 Å². The van der Waals surface area contributed by atoms with Crippen molar-refractivity contribution >= 4 is 23.6 Å². The van der Waals surface area contributed by atoms with Crippen molar-refractivity contribution in [1.82, 2.24) is 5.32 Å². The minimum atomic E-state index is -0.245. The predicted octanol–water partition coefficient (Wildman–Crippen LogP) is 2.78. The molecule has 0 bridgehead atoms. The van der Waals surface area contributed by atoms with Gasteiger partial charge in [-0.2, -0.15) is 0 Å². The first kappa shape index (κ1) is 16.4. The lowest BCUT2D eigenvalue weighted by molar-refractivity contribution is -0.125. The molecule has 0 unspecified atom stereocenters. The van der Waals surface area contributed by atoms with Gasteiger partial charge in [-0.3, -0.25) is 14.9 Å². The summed E-state index contributed by atoms with van der Waals surface area (Å²) in [7, 11) is 0. The van der Waals surface area contributed by atoms with E-state index in [0.717, 1.165) is 22.6 Å². The van der Waals surface area contributed by atoms with Crippen molar-refractivity contribution in [3.8, 4) is 5.75 Å². The second-order valence-corrected chi connectivity index (χ2v) is 6.70. The molecule has 2 aromatic carbocycles. The third kappa shape index (κ3) is 3.61. The number of benzene rings is 2. The third-order valence-corrected chi connectivity index (χ3v) is 4.71. The van der Waals surface area contributed by atoms with Crippen molar-refractivity contribution in [2.45, 2.75) is 12.8 Å². The Bertz CT molecular complexity index is 871. The molecule has 2 aromatic rings. The molecule has 4 rings (SSSR count). The number of hydrogen-bond acceptors (Lipinski definition) is 4. The number of para-hydroxylation sites is 1. The molecule has 5 nitrogen and oxygen atoms in total. The van der Waals surface area contributed by atoms with Gasteiger partial charge in [0.1, 0.15) is 12.4 Å². The molecular weight excluding hydrogens is 328 g/mol. The number of carbonyl (C=O) groups excluding carboxylic acids is 2. The van der Waals surface area contributed by atoms with Gasteiger partial charge in [-0.15, -0.1) is 0 Å². The summed E-state index contributed by atoms with van der Waals surface area (Å²) in [6, 6.07) is 16.0. The van der Waals surface area contributed by atoms with Gasteiger partial charge in [0, 0.05) is 24.2 Å². The van der Waals surface area contributed by atoms with Gasteiger partial charge in [0.2, 0.25) is 11.8 Å². The van der Waals surface area contributed by atoms with E-state index >= 15 is 0 Å². The summed E-state index contributed by atoms with van der Waals surface area (Å²) in [5.41, 5.74) is 4.37. The number of carbonyl (C=O) groups is 2. The van der Waals surface area contributed by atoms with Crippen LogP contribution in [0.1, 0.15) is 17.5 Å². The number of amides is 2. The lowest BCUT2D eigenvalue weighted by Crippen LogP contribution is -2.22. The van der Waals surface area contributed by atoms with Crippen LogP contribution in [0.25, 0.3) is 6.08 Å². The van der Waals surface area contributed by atoms with Crippen molar-refractivity contribution in [2.75, 3.05) is 18.5 Å². The van der Waals surface area contributed by atoms with Crippen molar-refractivity contribution in [3.63, 3.8) is 0 Å². The molecule has 2 heterocycles. The minimum absolute atomic E-state index is 0.165. The molecule has 0 saturated carbocycles. The Hall–Kier alpha value is -3.08. The number of ether oxygens (including phenoxy) is 1. The van der Waals surface area contributed by atoms with Crippen LogP contribution in [-0.4, -0.2) is 25.0 Å². The Morgan fingerprint density at radius 1 is 1.08 bits per heavy atom. The van der Waals surface area contributed by atoms with E-state index in [1.54, 1.807) is 0 Å². The molecule has 0 aliphatic carbocycles. The Morgan fingerprint density at radius 2 is 1.88 bits per heavy atom. The first-order valence-corrected chi connectivity index (χ1v) is 8.75. The fourth-order valence-corrected chi connectivity index (χ4v) is 3.30. The molecule has 2 aliphatic rings. The molecule has 2 amide bonds. The Labute approximate surface area is 152 Å². The number of imide groups is 1. The zero-order valence-electron chi connectivity index (χ0n) is 14.3. The number of rotatable bonds is 5. The maximum Gasteiger partial charge on any atom is 0.230 e. The van der Waals surface area contributed by atoms with Gasteiger partial charge in [0.25, 0.3) is 0 Å². The highest BCUT2D eigenvalue weighted by Gasteiger charge is 2.30. The molecule has 1 saturated heterocycles. The first-order chi connectivity index (χ1) is 12.7. The van der Waals surface area contributed by atoms with Gasteiger partial charge in [-0.05, 0) is 41.8 Å². The third-order valence-electron chi connectivity index (χ3n) is 4.71. The fraction of sp³-hybridized carbons (Fsp3) is 0.238. The molecule has 5 heteroatoms. The van der Waals surface area contributed by atoms with Crippen LogP contribution in [0.2, 0.25) is 0 Å². The second-order valence-electron chi connectivity index (χ2n) is 6.70. The van der Waals surface area contributed by atoms with Crippen molar-refractivity contribution in [1.29, 1.82) is 0 Å². The molecule has 132 valence electrons. The predicted molar refractivity (Wildman–Crippen MR) is 99.8 cm³/mol. The van der Waals surface area contributed by atoms with Gasteiger partial charge in [-0.25, -0.2) is 0 Å². The van der Waals surface area contributed by atoms with Crippen LogP contribution >= 0.6 is 0 Å². The van der Waals surface area contributed by atoms with Crippen LogP contribution in [0.5, 0.6) is 5.75 Å². The molecule has 0 radical (unpaired) electrons. The standard InChI is InChI=1S/C21H20N2O3/c24-20-11-17(21(25)23-20)9-14-5-7-18(8-6-14)22-12-15-10-16-3-1-2-4-19(16)26-13-15/h1-8,10,17,22H,9,11-13H2,(H,23,24,25)/t17-/m0/s1. The summed E-state index contributed by atoms with van der Waals surface area (Å²) in [5, 5.41) is 5.75. The van der Waals surface area contributed by atoms with Crippen LogP contribution in [0.4, 0.5) is 5.69 Å². The Balaban J connectivity index is 1.34. The van der Waals surface area contributed by atoms with Crippen molar-refractivity contribution < 1.29 is 14.3 Å². The zero-order valence-corrected chi connectivity index (χ0v) is 14.3. The number of hydrogen-bond donors (Lipinski definition) is 2. The van der Waals surface area contributed by atoms with Gasteiger partial charge in [-0.1, -0.05) is 30.3 Å². The van der Waals surface area contributed by atoms with Crippen LogP contribution in [0, 0.1) is 5.92 Å². The monoisotopic (exact) mass is 348 g/mol. The van der Waals surface area contributed by atoms with Crippen LogP contribution < -0.4 is 15.4 Å². The summed E-state index contributed by atoms with van der Waals surface area (Å²) >= 11 is 0. The van der Waals surface area contributed by atoms with Gasteiger partial charge < -0.3 is 10.1 Å². The Morgan fingerprint density at radius 3 is 2.65 bits per heavy atom. The van der Waals surface area contributed by atoms with E-state index in [0.29, 0.717) is 19.6 Å². The van der Waals surface area contributed by atoms with Gasteiger partial charge >= 0.3 is 0 Å². The maximum absolute atomic E-state index is 11.7. The summed E-state index contributed by atoms with van der Waals surface area (Å²) < 4.78 is 5.76. The largest absolute Gasteiger partial charge is 0.489 e. The molecule has 1 atom stereocenters. The van der Waals surface area contributed by atoms with E-state index in [9.17, 15) is 9.59 Å². The van der Waals surface area contributed by atoms with Gasteiger partial charge in [0.05, 0.1) is 5.92 Å². The molecule has 26 heavy (non-hydrogen) atoms. The SMILES string of the molecule is O=C1C[C@H](Cc2ccc(NCC3=Cc4ccccc4OC3)cc2)C(=O)N1. The van der Waals surface area contributed by atoms with Gasteiger partial charge in [0.15, 0.2) is 0 Å². The highest BCUT2D eigenvalue weighted by Crippen LogP contribution is 2.26.